The average molecular weight is 347 g/mol. The monoisotopic (exact) mass is 347 g/mol. The van der Waals surface area contributed by atoms with E-state index in [0.717, 1.165) is 42.1 Å². The Morgan fingerprint density at radius 1 is 1.42 bits per heavy atom. The summed E-state index contributed by atoms with van der Waals surface area (Å²) >= 11 is 1.50. The first-order valence-electron chi connectivity index (χ1n) is 8.31. The number of anilines is 1. The topological polar surface area (TPSA) is 54.0 Å². The Hall–Kier alpha value is -1.79. The van der Waals surface area contributed by atoms with Crippen LogP contribution in [0.2, 0.25) is 0 Å². The second-order valence-corrected chi connectivity index (χ2v) is 7.36. The number of nitrogens with one attached hydrogen (secondary N) is 2. The molecular weight excluding hydrogens is 325 g/mol. The number of aromatic nitrogens is 1. The minimum Gasteiger partial charge on any atom is -0.316 e. The highest BCUT2D eigenvalue weighted by Gasteiger charge is 2.16. The van der Waals surface area contributed by atoms with Crippen molar-refractivity contribution in [1.82, 2.24) is 10.3 Å². The molecule has 0 aliphatic carbocycles. The third-order valence-electron chi connectivity index (χ3n) is 4.36. The van der Waals surface area contributed by atoms with Gasteiger partial charge in [0.25, 0.3) is 0 Å². The molecule has 1 saturated heterocycles. The number of aryl methyl sites for hydroxylation is 1. The van der Waals surface area contributed by atoms with E-state index in [-0.39, 0.29) is 11.7 Å². The van der Waals surface area contributed by atoms with Crippen LogP contribution in [-0.2, 0) is 11.2 Å². The van der Waals surface area contributed by atoms with Gasteiger partial charge in [-0.3, -0.25) is 4.79 Å². The van der Waals surface area contributed by atoms with E-state index in [1.54, 1.807) is 12.1 Å². The summed E-state index contributed by atoms with van der Waals surface area (Å²) in [5.74, 6) is 0.414. The third-order valence-corrected chi connectivity index (χ3v) is 5.43. The van der Waals surface area contributed by atoms with Gasteiger partial charge in [0.05, 0.1) is 5.69 Å². The van der Waals surface area contributed by atoms with Crippen molar-refractivity contribution in [3.63, 3.8) is 0 Å². The normalized spacial score (nSPS) is 17.2. The molecule has 1 aromatic heterocycles. The van der Waals surface area contributed by atoms with E-state index < -0.39 is 0 Å². The maximum absolute atomic E-state index is 13.0. The maximum atomic E-state index is 13.0. The lowest BCUT2D eigenvalue weighted by Gasteiger charge is -2.06. The SMILES string of the molecule is Cc1nc(NC(=O)CCC2CCNC2)sc1Cc1ccc(F)cc1. The Balaban J connectivity index is 1.54. The lowest BCUT2D eigenvalue weighted by Crippen LogP contribution is -2.14. The van der Waals surface area contributed by atoms with Crippen molar-refractivity contribution in [2.45, 2.75) is 32.6 Å². The highest BCUT2D eigenvalue weighted by Crippen LogP contribution is 2.26. The van der Waals surface area contributed by atoms with Gasteiger partial charge in [-0.2, -0.15) is 0 Å². The van der Waals surface area contributed by atoms with E-state index in [0.29, 0.717) is 23.9 Å². The molecule has 0 radical (unpaired) electrons. The van der Waals surface area contributed by atoms with Crippen LogP contribution in [0, 0.1) is 18.7 Å². The van der Waals surface area contributed by atoms with Crippen LogP contribution in [0.15, 0.2) is 24.3 Å². The molecule has 1 fully saturated rings. The van der Waals surface area contributed by atoms with E-state index in [9.17, 15) is 9.18 Å². The van der Waals surface area contributed by atoms with Crippen molar-refractivity contribution < 1.29 is 9.18 Å². The van der Waals surface area contributed by atoms with Crippen molar-refractivity contribution in [2.24, 2.45) is 5.92 Å². The van der Waals surface area contributed by atoms with Crippen molar-refractivity contribution in [1.29, 1.82) is 0 Å². The van der Waals surface area contributed by atoms with Crippen LogP contribution < -0.4 is 10.6 Å². The second kappa shape index (κ2) is 7.85. The Kier molecular flexibility index (Phi) is 5.58. The summed E-state index contributed by atoms with van der Waals surface area (Å²) in [4.78, 5) is 17.6. The van der Waals surface area contributed by atoms with Gasteiger partial charge >= 0.3 is 0 Å². The fourth-order valence-corrected chi connectivity index (χ4v) is 3.92. The lowest BCUT2D eigenvalue weighted by molar-refractivity contribution is -0.116. The molecule has 1 atom stereocenters. The Labute approximate surface area is 145 Å². The Bertz CT molecular complexity index is 693. The number of carbonyl (C=O) groups excluding carboxylic acids is 1. The highest BCUT2D eigenvalue weighted by molar-refractivity contribution is 7.15. The molecule has 2 aromatic rings. The van der Waals surface area contributed by atoms with Gasteiger partial charge in [0.15, 0.2) is 5.13 Å². The quantitative estimate of drug-likeness (QED) is 0.841. The molecule has 128 valence electrons. The van der Waals surface area contributed by atoms with E-state index in [1.165, 1.54) is 23.5 Å². The fraction of sp³-hybridized carbons (Fsp3) is 0.444. The molecule has 1 aliphatic heterocycles. The molecule has 0 bridgehead atoms. The maximum Gasteiger partial charge on any atom is 0.226 e. The molecule has 3 rings (SSSR count). The zero-order valence-electron chi connectivity index (χ0n) is 13.8. The summed E-state index contributed by atoms with van der Waals surface area (Å²) < 4.78 is 13.0. The molecule has 0 saturated carbocycles. The van der Waals surface area contributed by atoms with Crippen LogP contribution >= 0.6 is 11.3 Å². The molecule has 24 heavy (non-hydrogen) atoms. The standard InChI is InChI=1S/C18H22FN3OS/c1-12-16(10-13-2-5-15(19)6-3-13)24-18(21-12)22-17(23)7-4-14-8-9-20-11-14/h2-3,5-6,14,20H,4,7-11H2,1H3,(H,21,22,23). The van der Waals surface area contributed by atoms with Crippen LogP contribution in [-0.4, -0.2) is 24.0 Å². The summed E-state index contributed by atoms with van der Waals surface area (Å²) in [5, 5.41) is 6.88. The molecule has 0 spiro atoms. The number of benzene rings is 1. The first kappa shape index (κ1) is 17.0. The smallest absolute Gasteiger partial charge is 0.226 e. The minimum absolute atomic E-state index is 0.0315. The van der Waals surface area contributed by atoms with Gasteiger partial charge in [-0.05, 0) is 56.5 Å². The number of nitrogens with zero attached hydrogens (tertiary/aromatic N) is 1. The van der Waals surface area contributed by atoms with Gasteiger partial charge in [0, 0.05) is 17.7 Å². The molecule has 1 aromatic carbocycles. The molecule has 1 aliphatic rings. The van der Waals surface area contributed by atoms with Crippen LogP contribution in [0.1, 0.15) is 35.4 Å². The average Bonchev–Trinajstić information content (AvgIpc) is 3.18. The molecule has 2 heterocycles. The van der Waals surface area contributed by atoms with E-state index in [1.807, 2.05) is 6.92 Å². The van der Waals surface area contributed by atoms with Crippen molar-refractivity contribution in [3.05, 3.63) is 46.2 Å². The predicted octanol–water partition coefficient (Wildman–Crippen LogP) is 3.51. The predicted molar refractivity (Wildman–Crippen MR) is 94.9 cm³/mol. The van der Waals surface area contributed by atoms with Crippen LogP contribution in [0.5, 0.6) is 0 Å². The zero-order valence-corrected chi connectivity index (χ0v) is 14.6. The van der Waals surface area contributed by atoms with E-state index in [2.05, 4.69) is 15.6 Å². The summed E-state index contributed by atoms with van der Waals surface area (Å²) in [6.07, 6.45) is 3.32. The summed E-state index contributed by atoms with van der Waals surface area (Å²) in [7, 11) is 0. The third kappa shape index (κ3) is 4.61. The highest BCUT2D eigenvalue weighted by atomic mass is 32.1. The first-order chi connectivity index (χ1) is 11.6. The number of rotatable bonds is 6. The van der Waals surface area contributed by atoms with Crippen LogP contribution in [0.4, 0.5) is 9.52 Å². The summed E-state index contributed by atoms with van der Waals surface area (Å²) in [6, 6.07) is 6.49. The Morgan fingerprint density at radius 3 is 2.92 bits per heavy atom. The minimum atomic E-state index is -0.231. The number of thiazole rings is 1. The lowest BCUT2D eigenvalue weighted by atomic mass is 10.0. The second-order valence-electron chi connectivity index (χ2n) is 6.28. The number of carbonyl (C=O) groups is 1. The molecular formula is C18H22FN3OS. The van der Waals surface area contributed by atoms with Gasteiger partial charge in [-0.15, -0.1) is 11.3 Å². The van der Waals surface area contributed by atoms with Gasteiger partial charge in [0.2, 0.25) is 5.91 Å². The van der Waals surface area contributed by atoms with Crippen molar-refractivity contribution in [3.8, 4) is 0 Å². The summed E-state index contributed by atoms with van der Waals surface area (Å²) in [6.45, 7) is 4.02. The van der Waals surface area contributed by atoms with Gasteiger partial charge in [-0.25, -0.2) is 9.37 Å². The van der Waals surface area contributed by atoms with Crippen molar-refractivity contribution >= 4 is 22.4 Å². The van der Waals surface area contributed by atoms with E-state index >= 15 is 0 Å². The first-order valence-corrected chi connectivity index (χ1v) is 9.13. The van der Waals surface area contributed by atoms with Gasteiger partial charge in [-0.1, -0.05) is 12.1 Å². The zero-order chi connectivity index (χ0) is 16.9. The fourth-order valence-electron chi connectivity index (χ4n) is 2.91. The number of amides is 1. The Morgan fingerprint density at radius 2 is 2.21 bits per heavy atom. The van der Waals surface area contributed by atoms with Crippen molar-refractivity contribution in [2.75, 3.05) is 18.4 Å². The molecule has 1 amide bonds. The summed E-state index contributed by atoms with van der Waals surface area (Å²) in [5.41, 5.74) is 1.95. The molecule has 1 unspecified atom stereocenters. The number of halogens is 1. The largest absolute Gasteiger partial charge is 0.316 e. The number of hydrogen-bond acceptors (Lipinski definition) is 4. The van der Waals surface area contributed by atoms with Gasteiger partial charge in [0.1, 0.15) is 5.82 Å². The van der Waals surface area contributed by atoms with Gasteiger partial charge < -0.3 is 10.6 Å². The van der Waals surface area contributed by atoms with E-state index in [4.69, 9.17) is 0 Å². The van der Waals surface area contributed by atoms with Crippen LogP contribution in [0.3, 0.4) is 0 Å². The van der Waals surface area contributed by atoms with Crippen LogP contribution in [0.25, 0.3) is 0 Å². The molecule has 4 nitrogen and oxygen atoms in total. The number of hydrogen-bond donors (Lipinski definition) is 2. The molecule has 2 N–H and O–H groups in total. The molecule has 6 heteroatoms.